The Morgan fingerprint density at radius 1 is 1.14 bits per heavy atom. The number of nitrogen functional groups attached to an aromatic ring is 1. The van der Waals surface area contributed by atoms with Crippen molar-refractivity contribution in [3.8, 4) is 5.75 Å². The molecular weight excluding hydrogens is 300 g/mol. The second-order valence-electron chi connectivity index (χ2n) is 4.72. The average Bonchev–Trinajstić information content (AvgIpc) is 2.89. The van der Waals surface area contributed by atoms with Gasteiger partial charge in [-0.2, -0.15) is 0 Å². The summed E-state index contributed by atoms with van der Waals surface area (Å²) >= 11 is 5.98. The predicted molar refractivity (Wildman–Crippen MR) is 74.9 cm³/mol. The maximum absolute atomic E-state index is 13.3. The van der Waals surface area contributed by atoms with Gasteiger partial charge < -0.3 is 10.5 Å². The molecule has 108 valence electrons. The first-order valence-corrected chi connectivity index (χ1v) is 6.59. The highest BCUT2D eigenvalue weighted by atomic mass is 35.5. The van der Waals surface area contributed by atoms with Gasteiger partial charge in [-0.25, -0.2) is 8.78 Å². The van der Waals surface area contributed by atoms with E-state index in [0.717, 1.165) is 17.7 Å². The molecule has 3 nitrogen and oxygen atoms in total. The fourth-order valence-electron chi connectivity index (χ4n) is 2.34. The molecule has 3 rings (SSSR count). The van der Waals surface area contributed by atoms with Gasteiger partial charge in [-0.15, -0.1) is 0 Å². The fraction of sp³-hybridized carbons (Fsp3) is 0.133. The van der Waals surface area contributed by atoms with Gasteiger partial charge in [0, 0.05) is 28.8 Å². The molecule has 1 aliphatic rings. The third-order valence-electron chi connectivity index (χ3n) is 3.33. The highest BCUT2D eigenvalue weighted by molar-refractivity contribution is 6.31. The van der Waals surface area contributed by atoms with Gasteiger partial charge in [0.1, 0.15) is 5.75 Å². The van der Waals surface area contributed by atoms with Crippen LogP contribution < -0.4 is 10.5 Å². The van der Waals surface area contributed by atoms with Gasteiger partial charge in [0.25, 0.3) is 0 Å². The molecule has 1 heterocycles. The van der Waals surface area contributed by atoms with Crippen LogP contribution in [0.15, 0.2) is 24.3 Å². The lowest BCUT2D eigenvalue weighted by molar-refractivity contribution is 0.103. The minimum atomic E-state index is -1.13. The van der Waals surface area contributed by atoms with Crippen LogP contribution in [0.2, 0.25) is 5.02 Å². The number of halogens is 3. The second-order valence-corrected chi connectivity index (χ2v) is 5.16. The summed E-state index contributed by atoms with van der Waals surface area (Å²) in [5.41, 5.74) is 6.37. The normalized spacial score (nSPS) is 12.9. The largest absolute Gasteiger partial charge is 0.492 e. The number of anilines is 1. The number of carbonyl (C=O) groups is 1. The summed E-state index contributed by atoms with van der Waals surface area (Å²) in [5.74, 6) is -2.36. The van der Waals surface area contributed by atoms with E-state index in [1.807, 2.05) is 0 Å². The Kier molecular flexibility index (Phi) is 3.29. The Hall–Kier alpha value is -2.14. The molecule has 0 aromatic heterocycles. The van der Waals surface area contributed by atoms with Crippen molar-refractivity contribution in [2.75, 3.05) is 12.3 Å². The Balaban J connectivity index is 2.14. The van der Waals surface area contributed by atoms with E-state index in [-0.39, 0.29) is 16.8 Å². The quantitative estimate of drug-likeness (QED) is 0.683. The first kappa shape index (κ1) is 13.8. The minimum Gasteiger partial charge on any atom is -0.492 e. The number of hydrogen-bond acceptors (Lipinski definition) is 3. The van der Waals surface area contributed by atoms with Gasteiger partial charge in [0.2, 0.25) is 0 Å². The molecular formula is C15H10ClF2NO2. The van der Waals surface area contributed by atoms with E-state index >= 15 is 0 Å². The topological polar surface area (TPSA) is 52.3 Å². The summed E-state index contributed by atoms with van der Waals surface area (Å²) in [5, 5.41) is 0.378. The van der Waals surface area contributed by atoms with E-state index in [1.165, 1.54) is 6.07 Å². The Morgan fingerprint density at radius 3 is 2.62 bits per heavy atom. The van der Waals surface area contributed by atoms with E-state index in [9.17, 15) is 13.6 Å². The Bertz CT molecular complexity index is 762. The SMILES string of the molecule is Nc1cc(F)c(F)cc1C(=O)c1cc(Cl)cc2c1OCC2. The molecule has 0 unspecified atom stereocenters. The lowest BCUT2D eigenvalue weighted by Crippen LogP contribution is -2.08. The van der Waals surface area contributed by atoms with Crippen LogP contribution in [0.1, 0.15) is 21.5 Å². The Morgan fingerprint density at radius 2 is 1.86 bits per heavy atom. The van der Waals surface area contributed by atoms with Crippen LogP contribution in [0.5, 0.6) is 5.75 Å². The summed E-state index contributed by atoms with van der Waals surface area (Å²) < 4.78 is 31.9. The van der Waals surface area contributed by atoms with Gasteiger partial charge >= 0.3 is 0 Å². The van der Waals surface area contributed by atoms with Crippen LogP contribution in [0, 0.1) is 11.6 Å². The molecule has 0 spiro atoms. The van der Waals surface area contributed by atoms with E-state index in [1.54, 1.807) is 6.07 Å². The number of hydrogen-bond donors (Lipinski definition) is 1. The Labute approximate surface area is 124 Å². The van der Waals surface area contributed by atoms with Gasteiger partial charge in [-0.3, -0.25) is 4.79 Å². The third kappa shape index (κ3) is 2.34. The number of benzene rings is 2. The number of rotatable bonds is 2. The molecule has 21 heavy (non-hydrogen) atoms. The number of fused-ring (bicyclic) bond motifs is 1. The van der Waals surface area contributed by atoms with Crippen LogP contribution in [0.3, 0.4) is 0 Å². The summed E-state index contributed by atoms with van der Waals surface area (Å²) in [6.45, 7) is 0.448. The van der Waals surface area contributed by atoms with Gasteiger partial charge in [0.15, 0.2) is 17.4 Å². The van der Waals surface area contributed by atoms with Crippen LogP contribution in [0.4, 0.5) is 14.5 Å². The molecule has 0 aliphatic carbocycles. The van der Waals surface area contributed by atoms with Crippen LogP contribution >= 0.6 is 11.6 Å². The van der Waals surface area contributed by atoms with Crippen LogP contribution in [-0.4, -0.2) is 12.4 Å². The standard InChI is InChI=1S/C15H10ClF2NO2/c16-8-3-7-1-2-21-15(7)10(4-8)14(20)9-5-11(17)12(18)6-13(9)19/h3-6H,1-2,19H2. The van der Waals surface area contributed by atoms with Crippen molar-refractivity contribution in [2.45, 2.75) is 6.42 Å². The zero-order chi connectivity index (χ0) is 15.1. The molecule has 0 radical (unpaired) electrons. The van der Waals surface area contributed by atoms with Crippen molar-refractivity contribution in [3.63, 3.8) is 0 Å². The molecule has 0 fully saturated rings. The molecule has 0 amide bonds. The van der Waals surface area contributed by atoms with Gasteiger partial charge in [-0.05, 0) is 23.8 Å². The number of ether oxygens (including phenoxy) is 1. The lowest BCUT2D eigenvalue weighted by atomic mass is 9.98. The fourth-order valence-corrected chi connectivity index (χ4v) is 2.58. The first-order chi connectivity index (χ1) is 9.97. The van der Waals surface area contributed by atoms with Crippen molar-refractivity contribution in [1.29, 1.82) is 0 Å². The third-order valence-corrected chi connectivity index (χ3v) is 3.55. The lowest BCUT2D eigenvalue weighted by Gasteiger charge is -2.10. The number of ketones is 1. The van der Waals surface area contributed by atoms with E-state index in [0.29, 0.717) is 23.8 Å². The summed E-state index contributed by atoms with van der Waals surface area (Å²) in [7, 11) is 0. The molecule has 0 saturated heterocycles. The molecule has 1 aliphatic heterocycles. The molecule has 6 heteroatoms. The maximum Gasteiger partial charge on any atom is 0.198 e. The predicted octanol–water partition coefficient (Wildman–Crippen LogP) is 3.37. The highest BCUT2D eigenvalue weighted by Gasteiger charge is 2.25. The van der Waals surface area contributed by atoms with Crippen molar-refractivity contribution in [1.82, 2.24) is 0 Å². The number of nitrogens with two attached hydrogens (primary N) is 1. The molecule has 0 saturated carbocycles. The molecule has 0 atom stereocenters. The van der Waals surface area contributed by atoms with Crippen molar-refractivity contribution in [2.24, 2.45) is 0 Å². The molecule has 0 bridgehead atoms. The van der Waals surface area contributed by atoms with Gasteiger partial charge in [0.05, 0.1) is 12.2 Å². The first-order valence-electron chi connectivity index (χ1n) is 6.22. The molecule has 2 aromatic rings. The van der Waals surface area contributed by atoms with E-state index in [4.69, 9.17) is 22.1 Å². The van der Waals surface area contributed by atoms with Crippen molar-refractivity contribution >= 4 is 23.1 Å². The van der Waals surface area contributed by atoms with E-state index in [2.05, 4.69) is 0 Å². The average molecular weight is 310 g/mol. The maximum atomic E-state index is 13.3. The zero-order valence-electron chi connectivity index (χ0n) is 10.8. The monoisotopic (exact) mass is 309 g/mol. The summed E-state index contributed by atoms with van der Waals surface area (Å²) in [6, 6.07) is 4.73. The van der Waals surface area contributed by atoms with E-state index < -0.39 is 17.4 Å². The van der Waals surface area contributed by atoms with Crippen molar-refractivity contribution in [3.05, 3.63) is 57.6 Å². The smallest absolute Gasteiger partial charge is 0.198 e. The highest BCUT2D eigenvalue weighted by Crippen LogP contribution is 2.35. The molecule has 2 N–H and O–H groups in total. The summed E-state index contributed by atoms with van der Waals surface area (Å²) in [6.07, 6.45) is 0.642. The van der Waals surface area contributed by atoms with Gasteiger partial charge in [-0.1, -0.05) is 11.6 Å². The number of carbonyl (C=O) groups excluding carboxylic acids is 1. The van der Waals surface area contributed by atoms with Crippen molar-refractivity contribution < 1.29 is 18.3 Å². The van der Waals surface area contributed by atoms with Crippen LogP contribution in [0.25, 0.3) is 0 Å². The minimum absolute atomic E-state index is 0.117. The molecule has 2 aromatic carbocycles. The zero-order valence-corrected chi connectivity index (χ0v) is 11.5. The summed E-state index contributed by atoms with van der Waals surface area (Å²) in [4.78, 5) is 12.5. The van der Waals surface area contributed by atoms with Crippen LogP contribution in [-0.2, 0) is 6.42 Å². The second kappa shape index (κ2) is 5.00.